The minimum absolute atomic E-state index is 0.0263. The largest absolute Gasteiger partial charge is 0.469 e. The van der Waals surface area contributed by atoms with Crippen LogP contribution in [0.4, 0.5) is 11.4 Å². The van der Waals surface area contributed by atoms with Gasteiger partial charge in [0.05, 0.1) is 17.4 Å². The first-order chi connectivity index (χ1) is 29.7. The van der Waals surface area contributed by atoms with Crippen LogP contribution in [0.3, 0.4) is 0 Å². The van der Waals surface area contributed by atoms with Crippen LogP contribution >= 0.6 is 0 Å². The number of carbonyl (C=O) groups excluding carboxylic acids is 6. The first-order valence-electron chi connectivity index (χ1n) is 20.9. The molecular weight excluding hydrogens is 781 g/mol. The lowest BCUT2D eigenvalue weighted by molar-refractivity contribution is -0.136. The van der Waals surface area contributed by atoms with E-state index in [1.807, 2.05) is 27.6 Å². The van der Waals surface area contributed by atoms with Crippen molar-refractivity contribution in [2.24, 2.45) is 5.92 Å². The Bertz CT molecular complexity index is 2480. The van der Waals surface area contributed by atoms with E-state index in [9.17, 15) is 28.8 Å². The summed E-state index contributed by atoms with van der Waals surface area (Å²) in [6.07, 6.45) is 8.97. The summed E-state index contributed by atoms with van der Waals surface area (Å²) in [6, 6.07) is 16.2. The number of piperidine rings is 2. The molecule has 0 spiro atoms. The highest BCUT2D eigenvalue weighted by Crippen LogP contribution is 2.33. The second kappa shape index (κ2) is 17.0. The monoisotopic (exact) mass is 826 g/mol. The zero-order valence-electron chi connectivity index (χ0n) is 33.6. The molecule has 3 aromatic heterocycles. The van der Waals surface area contributed by atoms with Crippen molar-refractivity contribution in [3.8, 4) is 11.1 Å². The summed E-state index contributed by atoms with van der Waals surface area (Å²) < 4.78 is 7.41. The fraction of sp³-hybridized carbons (Fsp3) is 0.386. The van der Waals surface area contributed by atoms with Crippen LogP contribution in [0.2, 0.25) is 0 Å². The van der Waals surface area contributed by atoms with Crippen molar-refractivity contribution in [1.29, 1.82) is 0 Å². The Labute approximate surface area is 351 Å². The number of hydrogen-bond donors (Lipinski definition) is 2. The molecule has 3 saturated heterocycles. The van der Waals surface area contributed by atoms with Gasteiger partial charge in [-0.05, 0) is 73.7 Å². The molecule has 2 N–H and O–H groups in total. The lowest BCUT2D eigenvalue weighted by Gasteiger charge is -2.36. The van der Waals surface area contributed by atoms with Gasteiger partial charge < -0.3 is 24.4 Å². The second-order valence-electron chi connectivity index (χ2n) is 15.9. The van der Waals surface area contributed by atoms with Gasteiger partial charge in [-0.15, -0.1) is 10.2 Å². The topological polar surface area (TPSA) is 196 Å². The zero-order chi connectivity index (χ0) is 42.0. The van der Waals surface area contributed by atoms with E-state index in [-0.39, 0.29) is 41.7 Å². The van der Waals surface area contributed by atoms with E-state index in [0.29, 0.717) is 64.8 Å². The number of nitrogens with one attached hydrogen (secondary N) is 2. The number of piperazine rings is 1. The predicted molar refractivity (Wildman–Crippen MR) is 221 cm³/mol. The van der Waals surface area contributed by atoms with Crippen LogP contribution in [0.25, 0.3) is 16.8 Å². The molecule has 0 saturated carbocycles. The smallest absolute Gasteiger partial charge is 0.262 e. The average molecular weight is 827 g/mol. The van der Waals surface area contributed by atoms with Gasteiger partial charge >= 0.3 is 0 Å². The van der Waals surface area contributed by atoms with E-state index in [0.717, 1.165) is 64.1 Å². The number of fused-ring (bicyclic) bond motifs is 2. The second-order valence-corrected chi connectivity index (χ2v) is 15.9. The average Bonchev–Trinajstić information content (AvgIpc) is 4.06. The van der Waals surface area contributed by atoms with Crippen LogP contribution in [0.1, 0.15) is 70.8 Å². The third-order valence-corrected chi connectivity index (χ3v) is 12.3. The molecule has 1 atom stereocenters. The highest BCUT2D eigenvalue weighted by Gasteiger charge is 2.45. The summed E-state index contributed by atoms with van der Waals surface area (Å²) >= 11 is 0. The molecular formula is C44H46N10O7. The lowest BCUT2D eigenvalue weighted by atomic mass is 9.95. The molecule has 0 aliphatic carbocycles. The van der Waals surface area contributed by atoms with E-state index in [1.165, 1.54) is 0 Å². The molecule has 6 amide bonds. The van der Waals surface area contributed by atoms with Crippen LogP contribution in [-0.4, -0.2) is 117 Å². The minimum atomic E-state index is -1.01. The molecule has 17 heteroatoms. The molecule has 4 aliphatic heterocycles. The van der Waals surface area contributed by atoms with E-state index >= 15 is 0 Å². The minimum Gasteiger partial charge on any atom is -0.469 e. The summed E-state index contributed by atoms with van der Waals surface area (Å²) in [5.41, 5.74) is 4.97. The van der Waals surface area contributed by atoms with Gasteiger partial charge in [0.25, 0.3) is 11.8 Å². The first-order valence-corrected chi connectivity index (χ1v) is 20.9. The number of carbonyl (C=O) groups is 6. The number of nitrogens with zero attached hydrogens (tertiary/aromatic N) is 8. The molecule has 7 heterocycles. The third kappa shape index (κ3) is 8.06. The van der Waals surface area contributed by atoms with E-state index in [1.54, 1.807) is 30.8 Å². The zero-order valence-corrected chi connectivity index (χ0v) is 33.6. The normalized spacial score (nSPS) is 18.5. The van der Waals surface area contributed by atoms with Crippen molar-refractivity contribution in [2.45, 2.75) is 57.4 Å². The Morgan fingerprint density at radius 2 is 1.57 bits per heavy atom. The van der Waals surface area contributed by atoms with E-state index < -0.39 is 29.7 Å². The van der Waals surface area contributed by atoms with Crippen LogP contribution in [-0.2, 0) is 32.0 Å². The summed E-state index contributed by atoms with van der Waals surface area (Å²) in [5.74, 6) is -0.478. The molecule has 1 unspecified atom stereocenters. The number of aromatic nitrogens is 4. The van der Waals surface area contributed by atoms with E-state index in [4.69, 9.17) is 9.40 Å². The number of benzene rings is 2. The van der Waals surface area contributed by atoms with Crippen LogP contribution < -0.4 is 20.4 Å². The summed E-state index contributed by atoms with van der Waals surface area (Å²) in [6.45, 7) is 4.31. The SMILES string of the molecule is O=C1CCC(N2C(=O)c3ccc(N4CCC(C(=O)NCCCC(=O)N5CCN(c6ccc(-c7cnc(CCc8ccco8)n8cnnc78)cc6)CC5)CC4)cc3C2=O)C(=O)N1. The predicted octanol–water partition coefficient (Wildman–Crippen LogP) is 3.03. The lowest BCUT2D eigenvalue weighted by Crippen LogP contribution is -2.54. The summed E-state index contributed by atoms with van der Waals surface area (Å²) in [5, 5.41) is 13.8. The fourth-order valence-corrected chi connectivity index (χ4v) is 8.82. The molecule has 4 aliphatic rings. The van der Waals surface area contributed by atoms with Crippen molar-refractivity contribution in [3.05, 3.63) is 96.1 Å². The summed E-state index contributed by atoms with van der Waals surface area (Å²) in [4.78, 5) is 88.5. The van der Waals surface area contributed by atoms with Crippen molar-refractivity contribution in [2.75, 3.05) is 55.6 Å². The van der Waals surface area contributed by atoms with Gasteiger partial charge in [0.15, 0.2) is 5.65 Å². The maximum atomic E-state index is 13.3. The van der Waals surface area contributed by atoms with Crippen LogP contribution in [0, 0.1) is 5.92 Å². The standard InChI is InChI=1S/C44H46N10O7/c55-38-14-12-36(42(58)48-38)54-43(59)33-11-9-31(25-34(33)44(54)60)50-18-15-29(16-19-50)41(57)45-17-1-4-39(56)52-22-20-51(21-23-52)30-7-5-28(6-8-30)35-26-46-37(53-27-47-49-40(35)53)13-10-32-3-2-24-61-32/h2-3,5-9,11,24-27,29,36H,1,4,10,12-23H2,(H,45,57)(H,48,55,58). The highest BCUT2D eigenvalue weighted by atomic mass is 16.3. The van der Waals surface area contributed by atoms with Gasteiger partial charge in [-0.1, -0.05) is 12.1 Å². The Kier molecular flexibility index (Phi) is 11.0. The third-order valence-electron chi connectivity index (χ3n) is 12.3. The number of furan rings is 1. The molecule has 314 valence electrons. The van der Waals surface area contributed by atoms with Gasteiger partial charge in [0.1, 0.15) is 24.0 Å². The van der Waals surface area contributed by atoms with Crippen molar-refractivity contribution < 1.29 is 33.2 Å². The fourth-order valence-electron chi connectivity index (χ4n) is 8.82. The van der Waals surface area contributed by atoms with Crippen molar-refractivity contribution in [3.63, 3.8) is 0 Å². The molecule has 0 radical (unpaired) electrons. The van der Waals surface area contributed by atoms with Gasteiger partial charge in [-0.2, -0.15) is 0 Å². The molecule has 17 nitrogen and oxygen atoms in total. The number of hydrogen-bond acceptors (Lipinski definition) is 12. The molecule has 2 aromatic carbocycles. The number of aryl methyl sites for hydroxylation is 2. The highest BCUT2D eigenvalue weighted by molar-refractivity contribution is 6.23. The number of amides is 6. The molecule has 61 heavy (non-hydrogen) atoms. The number of imide groups is 2. The summed E-state index contributed by atoms with van der Waals surface area (Å²) in [7, 11) is 0. The van der Waals surface area contributed by atoms with Gasteiger partial charge in [0, 0.05) is 101 Å². The van der Waals surface area contributed by atoms with Crippen LogP contribution in [0.5, 0.6) is 0 Å². The maximum absolute atomic E-state index is 13.3. The van der Waals surface area contributed by atoms with Crippen molar-refractivity contribution in [1.82, 2.24) is 40.0 Å². The van der Waals surface area contributed by atoms with Crippen LogP contribution in [0.15, 0.2) is 77.8 Å². The Morgan fingerprint density at radius 1 is 0.820 bits per heavy atom. The Morgan fingerprint density at radius 3 is 2.33 bits per heavy atom. The van der Waals surface area contributed by atoms with E-state index in [2.05, 4.69) is 54.9 Å². The van der Waals surface area contributed by atoms with Gasteiger partial charge in [-0.25, -0.2) is 4.98 Å². The number of anilines is 2. The Balaban J connectivity index is 0.692. The van der Waals surface area contributed by atoms with Gasteiger partial charge in [0.2, 0.25) is 23.6 Å². The number of rotatable bonds is 12. The van der Waals surface area contributed by atoms with Crippen molar-refractivity contribution >= 4 is 52.5 Å². The molecule has 9 rings (SSSR count). The maximum Gasteiger partial charge on any atom is 0.262 e. The molecule has 3 fully saturated rings. The van der Waals surface area contributed by atoms with Gasteiger partial charge in [-0.3, -0.25) is 43.4 Å². The quantitative estimate of drug-likeness (QED) is 0.138. The molecule has 5 aromatic rings. The molecule has 0 bridgehead atoms. The first kappa shape index (κ1) is 39.5. The Hall–Kier alpha value is -6.91.